The SMILES string of the molecule is C=C/N=C\c1nccnc1N. The summed E-state index contributed by atoms with van der Waals surface area (Å²) in [6.45, 7) is 3.42. The summed E-state index contributed by atoms with van der Waals surface area (Å²) in [5, 5.41) is 0. The maximum atomic E-state index is 5.46. The van der Waals surface area contributed by atoms with Crippen LogP contribution in [0.15, 0.2) is 30.2 Å². The van der Waals surface area contributed by atoms with Gasteiger partial charge in [0.15, 0.2) is 5.82 Å². The van der Waals surface area contributed by atoms with Crippen molar-refractivity contribution in [2.45, 2.75) is 0 Å². The van der Waals surface area contributed by atoms with Crippen LogP contribution in [0.1, 0.15) is 5.69 Å². The first-order chi connectivity index (χ1) is 5.34. The molecule has 0 amide bonds. The van der Waals surface area contributed by atoms with E-state index in [9.17, 15) is 0 Å². The first-order valence-electron chi connectivity index (χ1n) is 3.05. The predicted octanol–water partition coefficient (Wildman–Crippen LogP) is 0.621. The smallest absolute Gasteiger partial charge is 0.150 e. The summed E-state index contributed by atoms with van der Waals surface area (Å²) in [4.78, 5) is 11.5. The third-order valence-electron chi connectivity index (χ3n) is 1.06. The van der Waals surface area contributed by atoms with E-state index in [4.69, 9.17) is 5.73 Å². The summed E-state index contributed by atoms with van der Waals surface area (Å²) < 4.78 is 0. The molecular formula is C7H8N4. The van der Waals surface area contributed by atoms with Gasteiger partial charge in [0.2, 0.25) is 0 Å². The quantitative estimate of drug-likeness (QED) is 0.625. The molecule has 0 fully saturated rings. The zero-order valence-corrected chi connectivity index (χ0v) is 5.94. The van der Waals surface area contributed by atoms with Crippen LogP contribution in [0.2, 0.25) is 0 Å². The Morgan fingerprint density at radius 3 is 2.82 bits per heavy atom. The lowest BCUT2D eigenvalue weighted by atomic mass is 10.4. The number of hydrogen-bond donors (Lipinski definition) is 1. The van der Waals surface area contributed by atoms with E-state index >= 15 is 0 Å². The fourth-order valence-corrected chi connectivity index (χ4v) is 0.582. The second-order valence-corrected chi connectivity index (χ2v) is 1.79. The highest BCUT2D eigenvalue weighted by Crippen LogP contribution is 1.98. The Morgan fingerprint density at radius 2 is 2.18 bits per heavy atom. The molecule has 4 nitrogen and oxygen atoms in total. The fraction of sp³-hybridized carbons (Fsp3) is 0. The maximum Gasteiger partial charge on any atom is 0.150 e. The Labute approximate surface area is 64.5 Å². The minimum Gasteiger partial charge on any atom is -0.382 e. The van der Waals surface area contributed by atoms with E-state index in [1.165, 1.54) is 18.6 Å². The first-order valence-corrected chi connectivity index (χ1v) is 3.05. The Bertz CT molecular complexity index is 280. The lowest BCUT2D eigenvalue weighted by molar-refractivity contribution is 1.19. The molecule has 0 unspecified atom stereocenters. The van der Waals surface area contributed by atoms with Crippen LogP contribution in [0.5, 0.6) is 0 Å². The highest BCUT2D eigenvalue weighted by molar-refractivity contribution is 5.82. The number of nitrogen functional groups attached to an aromatic ring is 1. The normalized spacial score (nSPS) is 10.2. The van der Waals surface area contributed by atoms with E-state index < -0.39 is 0 Å². The van der Waals surface area contributed by atoms with Crippen LogP contribution in [0, 0.1) is 0 Å². The number of aliphatic imine (C=N–C) groups is 1. The summed E-state index contributed by atoms with van der Waals surface area (Å²) >= 11 is 0. The van der Waals surface area contributed by atoms with Crippen molar-refractivity contribution in [2.75, 3.05) is 5.73 Å². The van der Waals surface area contributed by atoms with Gasteiger partial charge in [-0.1, -0.05) is 6.58 Å². The van der Waals surface area contributed by atoms with Gasteiger partial charge < -0.3 is 5.73 Å². The van der Waals surface area contributed by atoms with Crippen molar-refractivity contribution in [3.05, 3.63) is 30.9 Å². The maximum absolute atomic E-state index is 5.46. The van der Waals surface area contributed by atoms with Crippen LogP contribution in [-0.4, -0.2) is 16.2 Å². The molecule has 0 aromatic carbocycles. The molecule has 4 heteroatoms. The van der Waals surface area contributed by atoms with Gasteiger partial charge in [-0.05, 0) is 0 Å². The second-order valence-electron chi connectivity index (χ2n) is 1.79. The molecule has 56 valence electrons. The summed E-state index contributed by atoms with van der Waals surface area (Å²) in [5.74, 6) is 0.373. The molecule has 2 N–H and O–H groups in total. The van der Waals surface area contributed by atoms with Gasteiger partial charge in [-0.25, -0.2) is 9.97 Å². The topological polar surface area (TPSA) is 64.2 Å². The standard InChI is InChI=1S/C7H8N4/c1-2-9-5-6-7(8)11-4-3-10-6/h2-5H,1H2,(H2,8,11)/b9-5-. The molecule has 0 aliphatic carbocycles. The molecule has 0 bridgehead atoms. The number of anilines is 1. The molecule has 0 radical (unpaired) electrons. The van der Waals surface area contributed by atoms with E-state index in [2.05, 4.69) is 21.5 Å². The van der Waals surface area contributed by atoms with Crippen molar-refractivity contribution in [3.8, 4) is 0 Å². The molecule has 1 aromatic heterocycles. The highest BCUT2D eigenvalue weighted by Gasteiger charge is 1.93. The molecule has 11 heavy (non-hydrogen) atoms. The van der Waals surface area contributed by atoms with E-state index in [-0.39, 0.29) is 0 Å². The molecule has 1 heterocycles. The minimum absolute atomic E-state index is 0.373. The Balaban J connectivity index is 2.94. The van der Waals surface area contributed by atoms with Crippen molar-refractivity contribution < 1.29 is 0 Å². The van der Waals surface area contributed by atoms with Gasteiger partial charge in [0.05, 0.1) is 6.21 Å². The molecule has 0 saturated carbocycles. The van der Waals surface area contributed by atoms with Gasteiger partial charge in [-0.15, -0.1) is 0 Å². The fourth-order valence-electron chi connectivity index (χ4n) is 0.582. The van der Waals surface area contributed by atoms with Crippen molar-refractivity contribution in [2.24, 2.45) is 4.99 Å². The van der Waals surface area contributed by atoms with Gasteiger partial charge in [0, 0.05) is 18.6 Å². The van der Waals surface area contributed by atoms with Gasteiger partial charge >= 0.3 is 0 Å². The first kappa shape index (κ1) is 7.40. The van der Waals surface area contributed by atoms with Gasteiger partial charge in [0.1, 0.15) is 5.69 Å². The molecule has 0 saturated heterocycles. The predicted molar refractivity (Wildman–Crippen MR) is 44.2 cm³/mol. The van der Waals surface area contributed by atoms with Gasteiger partial charge in [-0.3, -0.25) is 4.99 Å². The monoisotopic (exact) mass is 148 g/mol. The van der Waals surface area contributed by atoms with Crippen molar-refractivity contribution in [1.82, 2.24) is 9.97 Å². The molecule has 0 aliphatic heterocycles. The van der Waals surface area contributed by atoms with Gasteiger partial charge in [-0.2, -0.15) is 0 Å². The number of aromatic nitrogens is 2. The zero-order chi connectivity index (χ0) is 8.10. The van der Waals surface area contributed by atoms with Gasteiger partial charge in [0.25, 0.3) is 0 Å². The summed E-state index contributed by atoms with van der Waals surface area (Å²) in [6, 6.07) is 0. The minimum atomic E-state index is 0.373. The van der Waals surface area contributed by atoms with Crippen LogP contribution >= 0.6 is 0 Å². The number of rotatable bonds is 2. The van der Waals surface area contributed by atoms with E-state index in [0.717, 1.165) is 0 Å². The number of nitrogens with two attached hydrogens (primary N) is 1. The van der Waals surface area contributed by atoms with Crippen molar-refractivity contribution >= 4 is 12.0 Å². The summed E-state index contributed by atoms with van der Waals surface area (Å²) in [6.07, 6.45) is 6.00. The molecule has 1 aromatic rings. The van der Waals surface area contributed by atoms with Crippen LogP contribution in [0.25, 0.3) is 0 Å². The molecule has 1 rings (SSSR count). The van der Waals surface area contributed by atoms with E-state index in [1.807, 2.05) is 0 Å². The summed E-state index contributed by atoms with van der Waals surface area (Å²) in [7, 11) is 0. The average molecular weight is 148 g/mol. The largest absolute Gasteiger partial charge is 0.382 e. The van der Waals surface area contributed by atoms with Crippen LogP contribution in [0.4, 0.5) is 5.82 Å². The average Bonchev–Trinajstić information content (AvgIpc) is 2.03. The Kier molecular flexibility index (Phi) is 2.32. The van der Waals surface area contributed by atoms with Crippen LogP contribution in [0.3, 0.4) is 0 Å². The molecule has 0 aliphatic rings. The molecule has 0 atom stereocenters. The van der Waals surface area contributed by atoms with Crippen molar-refractivity contribution in [3.63, 3.8) is 0 Å². The van der Waals surface area contributed by atoms with Crippen LogP contribution in [-0.2, 0) is 0 Å². The molecule has 0 spiro atoms. The zero-order valence-electron chi connectivity index (χ0n) is 5.94. The second kappa shape index (κ2) is 3.46. The summed E-state index contributed by atoms with van der Waals surface area (Å²) in [5.41, 5.74) is 6.02. The Morgan fingerprint density at radius 1 is 1.45 bits per heavy atom. The third-order valence-corrected chi connectivity index (χ3v) is 1.06. The van der Waals surface area contributed by atoms with Crippen molar-refractivity contribution in [1.29, 1.82) is 0 Å². The Hall–Kier alpha value is -1.71. The number of hydrogen-bond acceptors (Lipinski definition) is 4. The number of nitrogens with zero attached hydrogens (tertiary/aromatic N) is 3. The lowest BCUT2D eigenvalue weighted by Gasteiger charge is -1.93. The lowest BCUT2D eigenvalue weighted by Crippen LogP contribution is -1.98. The van der Waals surface area contributed by atoms with Crippen LogP contribution < -0.4 is 5.73 Å². The highest BCUT2D eigenvalue weighted by atomic mass is 14.9. The molecular weight excluding hydrogens is 140 g/mol. The van der Waals surface area contributed by atoms with E-state index in [1.54, 1.807) is 6.20 Å². The van der Waals surface area contributed by atoms with E-state index in [0.29, 0.717) is 11.5 Å². The third kappa shape index (κ3) is 1.86.